The fourth-order valence-corrected chi connectivity index (χ4v) is 8.48. The summed E-state index contributed by atoms with van der Waals surface area (Å²) in [6.45, 7) is 1.19. The Morgan fingerprint density at radius 3 is 2.28 bits per heavy atom. The number of aromatic nitrogens is 2. The molecule has 3 aliphatic heterocycles. The second-order valence-corrected chi connectivity index (χ2v) is 13.7. The summed E-state index contributed by atoms with van der Waals surface area (Å²) in [5.41, 5.74) is 1.04. The standard InChI is InChI=1S/C29H24N6O7S3.Na/c1-14-32-33-29(45-14)44-13-16-12-43-27-21(26(40)35(27)22(16)28(41)42)31-23(37)20(15-7-3-2-4-8-15)30-19(36)11-34-24(38)17-9-5-6-10-18(17)25(34)39;/h2-10,20-21,27H,11-13H2,1H3,(H,30,36)(H,31,37)(H,41,42);/q;+1/p-1/t20-,21?,27-;/m1./s1. The van der Waals surface area contributed by atoms with Gasteiger partial charge in [-0.05, 0) is 30.2 Å². The van der Waals surface area contributed by atoms with Crippen molar-refractivity contribution in [3.8, 4) is 0 Å². The third kappa shape index (κ3) is 6.50. The third-order valence-electron chi connectivity index (χ3n) is 7.30. The monoisotopic (exact) mass is 686 g/mol. The summed E-state index contributed by atoms with van der Waals surface area (Å²) >= 11 is 3.99. The topological polar surface area (TPSA) is 182 Å². The summed E-state index contributed by atoms with van der Waals surface area (Å²) in [6.07, 6.45) is 0. The molecule has 17 heteroatoms. The Kier molecular flexibility index (Phi) is 10.3. The van der Waals surface area contributed by atoms with Crippen LogP contribution in [0.3, 0.4) is 0 Å². The second-order valence-electron chi connectivity index (χ2n) is 10.2. The fraction of sp³-hybridized carbons (Fsp3) is 0.241. The largest absolute Gasteiger partial charge is 1.00 e. The van der Waals surface area contributed by atoms with Gasteiger partial charge in [-0.2, -0.15) is 0 Å². The normalized spacial score (nSPS) is 19.1. The zero-order chi connectivity index (χ0) is 31.8. The van der Waals surface area contributed by atoms with E-state index in [4.69, 9.17) is 0 Å². The van der Waals surface area contributed by atoms with E-state index in [2.05, 4.69) is 20.8 Å². The van der Waals surface area contributed by atoms with Crippen LogP contribution in [0.25, 0.3) is 0 Å². The Bertz CT molecular complexity index is 1750. The van der Waals surface area contributed by atoms with Crippen LogP contribution in [0, 0.1) is 6.92 Å². The van der Waals surface area contributed by atoms with Gasteiger partial charge in [0.1, 0.15) is 29.0 Å². The van der Waals surface area contributed by atoms with Crippen molar-refractivity contribution >= 4 is 70.4 Å². The molecule has 230 valence electrons. The molecule has 0 saturated carbocycles. The maximum absolute atomic E-state index is 13.6. The molecule has 1 fully saturated rings. The summed E-state index contributed by atoms with van der Waals surface area (Å²) in [5, 5.41) is 25.4. The number of carboxylic acids is 1. The first kappa shape index (κ1) is 33.8. The van der Waals surface area contributed by atoms with Crippen molar-refractivity contribution in [3.05, 3.63) is 87.6 Å². The molecular formula is C29H23N6NaO7S3. The predicted molar refractivity (Wildman–Crippen MR) is 162 cm³/mol. The van der Waals surface area contributed by atoms with Crippen LogP contribution in [-0.4, -0.2) is 85.0 Å². The zero-order valence-electron chi connectivity index (χ0n) is 24.4. The number of imide groups is 1. The van der Waals surface area contributed by atoms with Crippen molar-refractivity contribution < 1.29 is 63.4 Å². The molecule has 3 aliphatic rings. The molecule has 46 heavy (non-hydrogen) atoms. The first-order valence-electron chi connectivity index (χ1n) is 13.5. The Labute approximate surface area is 296 Å². The average molecular weight is 687 g/mol. The van der Waals surface area contributed by atoms with Gasteiger partial charge in [-0.3, -0.25) is 33.8 Å². The summed E-state index contributed by atoms with van der Waals surface area (Å²) < 4.78 is 0.668. The molecule has 1 aromatic heterocycles. The molecule has 4 heterocycles. The van der Waals surface area contributed by atoms with Gasteiger partial charge in [0, 0.05) is 11.5 Å². The van der Waals surface area contributed by atoms with E-state index >= 15 is 0 Å². The van der Waals surface area contributed by atoms with Crippen molar-refractivity contribution in [1.29, 1.82) is 0 Å². The molecule has 3 aromatic rings. The van der Waals surface area contributed by atoms with Gasteiger partial charge in [0.15, 0.2) is 4.34 Å². The van der Waals surface area contributed by atoms with E-state index in [1.807, 2.05) is 6.92 Å². The van der Waals surface area contributed by atoms with Gasteiger partial charge in [0.2, 0.25) is 11.8 Å². The number of aryl methyl sites for hydroxylation is 1. The quantitative estimate of drug-likeness (QED) is 0.0996. The van der Waals surface area contributed by atoms with E-state index in [-0.39, 0.29) is 57.9 Å². The molecule has 3 atom stereocenters. The molecule has 5 amide bonds. The number of carbonyl (C=O) groups is 6. The number of thioether (sulfide) groups is 2. The number of aliphatic carboxylic acids is 1. The number of benzene rings is 2. The SMILES string of the molecule is Cc1nnc(SCC2=C(C(=O)[O-])N3C(=O)C(NC(=O)[C@H](NC(=O)CN4C(=O)c5ccccc5C4=O)c4ccccc4)[C@H]3SC2)s1.[Na+]. The second kappa shape index (κ2) is 14.1. The van der Waals surface area contributed by atoms with E-state index in [1.54, 1.807) is 42.5 Å². The molecule has 1 unspecified atom stereocenters. The van der Waals surface area contributed by atoms with Crippen molar-refractivity contribution in [3.63, 3.8) is 0 Å². The van der Waals surface area contributed by atoms with Crippen LogP contribution in [0.5, 0.6) is 0 Å². The van der Waals surface area contributed by atoms with Crippen LogP contribution in [0.15, 0.2) is 70.2 Å². The molecule has 6 rings (SSSR count). The molecule has 0 bridgehead atoms. The molecule has 2 aromatic carbocycles. The van der Waals surface area contributed by atoms with E-state index in [0.717, 1.165) is 14.8 Å². The average Bonchev–Trinajstić information content (AvgIpc) is 3.57. The van der Waals surface area contributed by atoms with Crippen molar-refractivity contribution in [2.24, 2.45) is 0 Å². The molecule has 1 saturated heterocycles. The minimum Gasteiger partial charge on any atom is -0.543 e. The summed E-state index contributed by atoms with van der Waals surface area (Å²) in [6, 6.07) is 12.2. The Morgan fingerprint density at radius 1 is 1.02 bits per heavy atom. The van der Waals surface area contributed by atoms with Crippen molar-refractivity contribution in [2.45, 2.75) is 28.7 Å². The number of amides is 5. The number of nitrogens with zero attached hydrogens (tertiary/aromatic N) is 4. The van der Waals surface area contributed by atoms with Crippen molar-refractivity contribution in [2.75, 3.05) is 18.1 Å². The zero-order valence-corrected chi connectivity index (χ0v) is 28.9. The first-order chi connectivity index (χ1) is 21.6. The minimum absolute atomic E-state index is 0. The Balaban J connectivity index is 0.00000417. The number of hydrogen-bond acceptors (Lipinski definition) is 12. The van der Waals surface area contributed by atoms with E-state index < -0.39 is 59.5 Å². The number of carbonyl (C=O) groups excluding carboxylic acids is 6. The number of hydrogen-bond donors (Lipinski definition) is 2. The van der Waals surface area contributed by atoms with Gasteiger partial charge in [-0.1, -0.05) is 65.6 Å². The van der Waals surface area contributed by atoms with Crippen LogP contribution in [0.4, 0.5) is 0 Å². The van der Waals surface area contributed by atoms with Gasteiger partial charge in [0.05, 0.1) is 22.8 Å². The van der Waals surface area contributed by atoms with Gasteiger partial charge in [-0.15, -0.1) is 22.0 Å². The molecule has 0 spiro atoms. The Hall–Kier alpha value is -3.54. The van der Waals surface area contributed by atoms with E-state index in [1.165, 1.54) is 47.0 Å². The summed E-state index contributed by atoms with van der Waals surface area (Å²) in [4.78, 5) is 79.5. The molecule has 0 radical (unpaired) electrons. The maximum Gasteiger partial charge on any atom is 1.00 e. The van der Waals surface area contributed by atoms with Crippen LogP contribution >= 0.6 is 34.9 Å². The van der Waals surface area contributed by atoms with Crippen LogP contribution in [-0.2, 0) is 19.2 Å². The number of nitrogens with one attached hydrogen (secondary N) is 2. The maximum atomic E-state index is 13.6. The number of fused-ring (bicyclic) bond motifs is 2. The van der Waals surface area contributed by atoms with E-state index in [0.29, 0.717) is 15.5 Å². The molecule has 2 N–H and O–H groups in total. The van der Waals surface area contributed by atoms with E-state index in [9.17, 15) is 33.9 Å². The van der Waals surface area contributed by atoms with Crippen LogP contribution < -0.4 is 45.3 Å². The van der Waals surface area contributed by atoms with Crippen LogP contribution in [0.1, 0.15) is 37.3 Å². The summed E-state index contributed by atoms with van der Waals surface area (Å²) in [5.74, 6) is -4.28. The summed E-state index contributed by atoms with van der Waals surface area (Å²) in [7, 11) is 0. The number of carboxylic acid groups (broad SMARTS) is 1. The number of β-lactam (4-membered cyclic amide) rings is 1. The minimum atomic E-state index is -1.50. The van der Waals surface area contributed by atoms with Crippen LogP contribution in [0.2, 0.25) is 0 Å². The van der Waals surface area contributed by atoms with Gasteiger partial charge in [0.25, 0.3) is 17.7 Å². The molecule has 0 aliphatic carbocycles. The fourth-order valence-electron chi connectivity index (χ4n) is 5.18. The third-order valence-corrected chi connectivity index (χ3v) is 10.7. The number of rotatable bonds is 10. The van der Waals surface area contributed by atoms with Gasteiger partial charge in [-0.25, -0.2) is 0 Å². The predicted octanol–water partition coefficient (Wildman–Crippen LogP) is -2.50. The smallest absolute Gasteiger partial charge is 0.543 e. The molecular weight excluding hydrogens is 664 g/mol. The first-order valence-corrected chi connectivity index (χ1v) is 16.4. The van der Waals surface area contributed by atoms with Gasteiger partial charge < -0.3 is 20.5 Å². The van der Waals surface area contributed by atoms with Crippen molar-refractivity contribution in [1.82, 2.24) is 30.6 Å². The Morgan fingerprint density at radius 2 is 1.67 bits per heavy atom. The van der Waals surface area contributed by atoms with Gasteiger partial charge >= 0.3 is 29.6 Å². The molecule has 13 nitrogen and oxygen atoms in total.